The molecule has 0 saturated carbocycles. The summed E-state index contributed by atoms with van der Waals surface area (Å²) in [5.41, 5.74) is 0.0304. The van der Waals surface area contributed by atoms with E-state index in [0.29, 0.717) is 5.56 Å². The van der Waals surface area contributed by atoms with Crippen LogP contribution in [0, 0.1) is 27.4 Å². The summed E-state index contributed by atoms with van der Waals surface area (Å²) in [7, 11) is 0. The number of aliphatic hydroxyl groups excluding tert-OH is 1. The molecule has 9 heteroatoms. The molecule has 9 nitrogen and oxygen atoms in total. The molecule has 1 heterocycles. The molecule has 1 unspecified atom stereocenters. The Labute approximate surface area is 171 Å². The third-order valence-corrected chi connectivity index (χ3v) is 4.78. The molecule has 1 atom stereocenters. The van der Waals surface area contributed by atoms with Gasteiger partial charge in [0.15, 0.2) is 17.3 Å². The molecule has 152 valence electrons. The van der Waals surface area contributed by atoms with Crippen molar-refractivity contribution in [1.82, 2.24) is 0 Å². The van der Waals surface area contributed by atoms with Crippen LogP contribution < -0.4 is 4.90 Å². The molecule has 1 aliphatic heterocycles. The SMILES string of the molecule is CC(C)C(=O)C1=C(O)C(=O)N(c2ccc(C#N)cc2)C1c1ccc(O)c([N+](=O)[O-])c1. The minimum Gasteiger partial charge on any atom is -0.503 e. The summed E-state index contributed by atoms with van der Waals surface area (Å²) in [5.74, 6) is -3.19. The summed E-state index contributed by atoms with van der Waals surface area (Å²) in [6.07, 6.45) is 0. The van der Waals surface area contributed by atoms with Crippen molar-refractivity contribution < 1.29 is 24.7 Å². The molecular weight excluding hydrogens is 390 g/mol. The van der Waals surface area contributed by atoms with Crippen LogP contribution in [0.25, 0.3) is 0 Å². The number of carbonyl (C=O) groups excluding carboxylic acids is 2. The normalized spacial score (nSPS) is 16.1. The fourth-order valence-electron chi connectivity index (χ4n) is 3.30. The molecule has 0 fully saturated rings. The van der Waals surface area contributed by atoms with Crippen LogP contribution in [0.2, 0.25) is 0 Å². The maximum Gasteiger partial charge on any atom is 0.311 e. The predicted molar refractivity (Wildman–Crippen MR) is 106 cm³/mol. The monoisotopic (exact) mass is 407 g/mol. The van der Waals surface area contributed by atoms with Crippen LogP contribution >= 0.6 is 0 Å². The largest absolute Gasteiger partial charge is 0.503 e. The standard InChI is InChI=1S/C21H17N3O6/c1-11(2)19(26)17-18(13-5-8-16(25)15(9-13)24(29)30)23(21(28)20(17)27)14-6-3-12(10-22)4-7-14/h3-9,11,18,25,27H,1-2H3. The Hall–Kier alpha value is -4.19. The first-order valence-corrected chi connectivity index (χ1v) is 8.95. The predicted octanol–water partition coefficient (Wildman–Crippen LogP) is 3.30. The average molecular weight is 407 g/mol. The Bertz CT molecular complexity index is 1130. The fraction of sp³-hybridized carbons (Fsp3) is 0.190. The Balaban J connectivity index is 2.23. The molecule has 30 heavy (non-hydrogen) atoms. The summed E-state index contributed by atoms with van der Waals surface area (Å²) >= 11 is 0. The Morgan fingerprint density at radius 3 is 2.37 bits per heavy atom. The first-order chi connectivity index (χ1) is 14.2. The van der Waals surface area contributed by atoms with Gasteiger partial charge >= 0.3 is 5.69 Å². The molecule has 3 rings (SSSR count). The Morgan fingerprint density at radius 2 is 1.83 bits per heavy atom. The van der Waals surface area contributed by atoms with Crippen LogP contribution in [-0.2, 0) is 9.59 Å². The van der Waals surface area contributed by atoms with Gasteiger partial charge in [-0.05, 0) is 35.9 Å². The van der Waals surface area contributed by atoms with Crippen molar-refractivity contribution in [3.05, 3.63) is 75.0 Å². The molecule has 0 aliphatic carbocycles. The molecule has 2 aromatic carbocycles. The van der Waals surface area contributed by atoms with Crippen molar-refractivity contribution in [2.75, 3.05) is 4.90 Å². The summed E-state index contributed by atoms with van der Waals surface area (Å²) in [6, 6.07) is 10.2. The van der Waals surface area contributed by atoms with Crippen molar-refractivity contribution in [3.8, 4) is 11.8 Å². The lowest BCUT2D eigenvalue weighted by Gasteiger charge is -2.27. The number of nitrogens with zero attached hydrogens (tertiary/aromatic N) is 3. The molecule has 0 bridgehead atoms. The number of aromatic hydroxyl groups is 1. The number of carbonyl (C=O) groups is 2. The second kappa shape index (κ2) is 7.67. The lowest BCUT2D eigenvalue weighted by atomic mass is 9.91. The number of nitro groups is 1. The van der Waals surface area contributed by atoms with Crippen molar-refractivity contribution >= 4 is 23.1 Å². The second-order valence-corrected chi connectivity index (χ2v) is 7.02. The zero-order valence-corrected chi connectivity index (χ0v) is 16.1. The highest BCUT2D eigenvalue weighted by molar-refractivity contribution is 6.16. The number of Topliss-reactive ketones (excluding diaryl/α,β-unsaturated/α-hetero) is 1. The smallest absolute Gasteiger partial charge is 0.311 e. The molecule has 2 aromatic rings. The van der Waals surface area contributed by atoms with E-state index in [4.69, 9.17) is 5.26 Å². The fourth-order valence-corrected chi connectivity index (χ4v) is 3.30. The topological polar surface area (TPSA) is 145 Å². The number of hydrogen-bond acceptors (Lipinski definition) is 7. The van der Waals surface area contributed by atoms with E-state index in [1.165, 1.54) is 30.3 Å². The molecule has 2 N–H and O–H groups in total. The van der Waals surface area contributed by atoms with Crippen LogP contribution in [0.4, 0.5) is 11.4 Å². The third-order valence-electron chi connectivity index (χ3n) is 4.78. The van der Waals surface area contributed by atoms with Crippen molar-refractivity contribution in [3.63, 3.8) is 0 Å². The molecule has 1 amide bonds. The van der Waals surface area contributed by atoms with Gasteiger partial charge in [0, 0.05) is 17.7 Å². The quantitative estimate of drug-likeness (QED) is 0.571. The first kappa shape index (κ1) is 20.5. The number of phenols is 1. The summed E-state index contributed by atoms with van der Waals surface area (Å²) < 4.78 is 0. The number of nitro benzene ring substituents is 1. The molecular formula is C21H17N3O6. The van der Waals surface area contributed by atoms with Gasteiger partial charge in [0.2, 0.25) is 0 Å². The third kappa shape index (κ3) is 3.35. The summed E-state index contributed by atoms with van der Waals surface area (Å²) in [4.78, 5) is 37.3. The van der Waals surface area contributed by atoms with Gasteiger partial charge in [-0.1, -0.05) is 19.9 Å². The van der Waals surface area contributed by atoms with Crippen molar-refractivity contribution in [1.29, 1.82) is 5.26 Å². The summed E-state index contributed by atoms with van der Waals surface area (Å²) in [6.45, 7) is 3.21. The van der Waals surface area contributed by atoms with Gasteiger partial charge < -0.3 is 10.2 Å². The number of anilines is 1. The Kier molecular flexibility index (Phi) is 5.26. The van der Waals surface area contributed by atoms with Gasteiger partial charge in [-0.2, -0.15) is 5.26 Å². The number of hydrogen-bond donors (Lipinski definition) is 2. The van der Waals surface area contributed by atoms with E-state index in [2.05, 4.69) is 0 Å². The number of nitriles is 1. The number of aliphatic hydroxyl groups is 1. The average Bonchev–Trinajstić information content (AvgIpc) is 2.98. The van der Waals surface area contributed by atoms with E-state index in [0.717, 1.165) is 17.0 Å². The lowest BCUT2D eigenvalue weighted by molar-refractivity contribution is -0.385. The number of amides is 1. The maximum atomic E-state index is 12.9. The highest BCUT2D eigenvalue weighted by Gasteiger charge is 2.45. The second-order valence-electron chi connectivity index (χ2n) is 7.02. The van der Waals surface area contributed by atoms with Crippen molar-refractivity contribution in [2.45, 2.75) is 19.9 Å². The lowest BCUT2D eigenvalue weighted by Crippen LogP contribution is -2.31. The van der Waals surface area contributed by atoms with Crippen LogP contribution in [0.5, 0.6) is 5.75 Å². The van der Waals surface area contributed by atoms with Gasteiger partial charge in [0.25, 0.3) is 5.91 Å². The molecule has 0 saturated heterocycles. The minimum absolute atomic E-state index is 0.172. The van der Waals surface area contributed by atoms with E-state index in [1.807, 2.05) is 6.07 Å². The van der Waals surface area contributed by atoms with E-state index in [-0.39, 0.29) is 16.8 Å². The van der Waals surface area contributed by atoms with E-state index in [1.54, 1.807) is 13.8 Å². The minimum atomic E-state index is -1.14. The van der Waals surface area contributed by atoms with Crippen LogP contribution in [0.3, 0.4) is 0 Å². The van der Waals surface area contributed by atoms with Gasteiger partial charge in [0.05, 0.1) is 28.2 Å². The van der Waals surface area contributed by atoms with Gasteiger partial charge in [0.1, 0.15) is 0 Å². The number of phenolic OH excluding ortho intramolecular Hbond substituents is 1. The van der Waals surface area contributed by atoms with Crippen LogP contribution in [0.1, 0.15) is 31.0 Å². The molecule has 1 aliphatic rings. The van der Waals surface area contributed by atoms with Gasteiger partial charge in [-0.3, -0.25) is 24.6 Å². The number of rotatable bonds is 5. The van der Waals surface area contributed by atoms with Crippen molar-refractivity contribution in [2.24, 2.45) is 5.92 Å². The highest BCUT2D eigenvalue weighted by atomic mass is 16.6. The number of benzene rings is 2. The van der Waals surface area contributed by atoms with E-state index < -0.39 is 45.8 Å². The van der Waals surface area contributed by atoms with Crippen LogP contribution in [0.15, 0.2) is 53.8 Å². The summed E-state index contributed by atoms with van der Waals surface area (Å²) in [5, 5.41) is 40.5. The zero-order chi connectivity index (χ0) is 22.2. The molecule has 0 spiro atoms. The Morgan fingerprint density at radius 1 is 1.20 bits per heavy atom. The van der Waals surface area contributed by atoms with Gasteiger partial charge in [-0.25, -0.2) is 0 Å². The van der Waals surface area contributed by atoms with Crippen LogP contribution in [-0.4, -0.2) is 26.8 Å². The zero-order valence-electron chi connectivity index (χ0n) is 16.1. The number of ketones is 1. The maximum absolute atomic E-state index is 12.9. The van der Waals surface area contributed by atoms with E-state index in [9.17, 15) is 29.9 Å². The molecule has 0 radical (unpaired) electrons. The van der Waals surface area contributed by atoms with E-state index >= 15 is 0 Å². The highest BCUT2D eigenvalue weighted by Crippen LogP contribution is 2.43. The first-order valence-electron chi connectivity index (χ1n) is 8.95. The van der Waals surface area contributed by atoms with Gasteiger partial charge in [-0.15, -0.1) is 0 Å². The molecule has 0 aromatic heterocycles.